The van der Waals surface area contributed by atoms with E-state index < -0.39 is 0 Å². The van der Waals surface area contributed by atoms with Crippen LogP contribution in [0.25, 0.3) is 0 Å². The summed E-state index contributed by atoms with van der Waals surface area (Å²) in [6.45, 7) is 1.93. The first-order valence-electron chi connectivity index (χ1n) is 4.14. The van der Waals surface area contributed by atoms with Crippen LogP contribution in [0.15, 0.2) is 24.4 Å². The molecule has 2 heterocycles. The van der Waals surface area contributed by atoms with E-state index in [1.165, 1.54) is 0 Å². The molecular formula is C9H9ClN4. The zero-order chi connectivity index (χ0) is 9.97. The van der Waals surface area contributed by atoms with Crippen molar-refractivity contribution in [2.75, 3.05) is 5.32 Å². The van der Waals surface area contributed by atoms with Gasteiger partial charge in [-0.3, -0.25) is 5.10 Å². The number of anilines is 2. The average Bonchev–Trinajstić information content (AvgIpc) is 2.51. The van der Waals surface area contributed by atoms with Crippen molar-refractivity contribution in [2.45, 2.75) is 6.92 Å². The highest BCUT2D eigenvalue weighted by atomic mass is 35.5. The van der Waals surface area contributed by atoms with Crippen LogP contribution in [0.4, 0.5) is 11.6 Å². The normalized spacial score (nSPS) is 10.1. The molecule has 0 aliphatic rings. The van der Waals surface area contributed by atoms with Gasteiger partial charge in [0.1, 0.15) is 5.82 Å². The summed E-state index contributed by atoms with van der Waals surface area (Å²) in [7, 11) is 0. The Morgan fingerprint density at radius 3 is 2.86 bits per heavy atom. The summed E-state index contributed by atoms with van der Waals surface area (Å²) in [5.74, 6) is 1.42. The zero-order valence-electron chi connectivity index (χ0n) is 7.58. The molecule has 72 valence electrons. The molecule has 0 saturated heterocycles. The lowest BCUT2D eigenvalue weighted by Crippen LogP contribution is -1.92. The molecule has 0 spiro atoms. The lowest BCUT2D eigenvalue weighted by Gasteiger charge is -2.00. The van der Waals surface area contributed by atoms with Crippen LogP contribution >= 0.6 is 11.6 Å². The number of aromatic nitrogens is 3. The van der Waals surface area contributed by atoms with E-state index in [-0.39, 0.29) is 0 Å². The molecule has 14 heavy (non-hydrogen) atoms. The molecule has 2 rings (SSSR count). The number of nitrogens with zero attached hydrogens (tertiary/aromatic N) is 2. The van der Waals surface area contributed by atoms with Crippen molar-refractivity contribution < 1.29 is 0 Å². The number of pyridine rings is 1. The molecule has 0 bridgehead atoms. The Morgan fingerprint density at radius 2 is 2.21 bits per heavy atom. The first kappa shape index (κ1) is 9.02. The minimum Gasteiger partial charge on any atom is -0.323 e. The predicted molar refractivity (Wildman–Crippen MR) is 55.9 cm³/mol. The molecule has 4 nitrogen and oxygen atoms in total. The lowest BCUT2D eigenvalue weighted by atomic mass is 10.4. The van der Waals surface area contributed by atoms with Crippen LogP contribution in [-0.4, -0.2) is 15.2 Å². The van der Waals surface area contributed by atoms with Gasteiger partial charge in [0.2, 0.25) is 0 Å². The Bertz CT molecular complexity index is 438. The van der Waals surface area contributed by atoms with Crippen LogP contribution in [-0.2, 0) is 0 Å². The van der Waals surface area contributed by atoms with Gasteiger partial charge in [-0.25, -0.2) is 4.98 Å². The number of H-pyrrole nitrogens is 1. The highest BCUT2D eigenvalue weighted by Gasteiger charge is 1.99. The van der Waals surface area contributed by atoms with Gasteiger partial charge in [0.05, 0.1) is 0 Å². The summed E-state index contributed by atoms with van der Waals surface area (Å²) in [5, 5.41) is 10.5. The van der Waals surface area contributed by atoms with Crippen LogP contribution in [0, 0.1) is 6.92 Å². The average molecular weight is 209 g/mol. The molecule has 2 aromatic rings. The third kappa shape index (κ3) is 2.03. The van der Waals surface area contributed by atoms with Gasteiger partial charge < -0.3 is 5.32 Å². The standard InChI is InChI=1S/C9H9ClN4/c1-6-4-9(14-13-6)12-8-5-7(10)2-3-11-8/h2-5H,1H3,(H2,11,12,13,14). The lowest BCUT2D eigenvalue weighted by molar-refractivity contribution is 1.05. The van der Waals surface area contributed by atoms with Crippen LogP contribution in [0.1, 0.15) is 5.69 Å². The molecule has 0 fully saturated rings. The highest BCUT2D eigenvalue weighted by Crippen LogP contribution is 2.16. The van der Waals surface area contributed by atoms with Crippen molar-refractivity contribution in [1.29, 1.82) is 0 Å². The van der Waals surface area contributed by atoms with Crippen LogP contribution < -0.4 is 5.32 Å². The quantitative estimate of drug-likeness (QED) is 0.798. The number of hydrogen-bond donors (Lipinski definition) is 2. The molecule has 0 unspecified atom stereocenters. The van der Waals surface area contributed by atoms with Crippen molar-refractivity contribution in [3.63, 3.8) is 0 Å². The summed E-state index contributed by atoms with van der Waals surface area (Å²) < 4.78 is 0. The number of nitrogens with one attached hydrogen (secondary N) is 2. The third-order valence-corrected chi connectivity index (χ3v) is 1.92. The fourth-order valence-electron chi connectivity index (χ4n) is 1.09. The van der Waals surface area contributed by atoms with Gasteiger partial charge in [0.25, 0.3) is 0 Å². The van der Waals surface area contributed by atoms with E-state index in [0.717, 1.165) is 11.5 Å². The first-order chi connectivity index (χ1) is 6.74. The largest absolute Gasteiger partial charge is 0.323 e. The predicted octanol–water partition coefficient (Wildman–Crippen LogP) is 2.51. The monoisotopic (exact) mass is 208 g/mol. The number of hydrogen-bond acceptors (Lipinski definition) is 3. The maximum Gasteiger partial charge on any atom is 0.153 e. The second-order valence-electron chi connectivity index (χ2n) is 2.92. The minimum atomic E-state index is 0.648. The molecule has 0 radical (unpaired) electrons. The Hall–Kier alpha value is -1.55. The second-order valence-corrected chi connectivity index (χ2v) is 3.36. The van der Waals surface area contributed by atoms with Crippen molar-refractivity contribution in [3.8, 4) is 0 Å². The summed E-state index contributed by atoms with van der Waals surface area (Å²) in [4.78, 5) is 4.09. The molecule has 0 aliphatic carbocycles. The number of aryl methyl sites for hydroxylation is 1. The van der Waals surface area contributed by atoms with Gasteiger partial charge in [-0.1, -0.05) is 11.6 Å². The van der Waals surface area contributed by atoms with E-state index in [0.29, 0.717) is 10.8 Å². The SMILES string of the molecule is Cc1cc(Nc2cc(Cl)ccn2)n[nH]1. The second kappa shape index (κ2) is 3.67. The van der Waals surface area contributed by atoms with E-state index in [1.54, 1.807) is 18.3 Å². The Morgan fingerprint density at radius 1 is 1.36 bits per heavy atom. The minimum absolute atomic E-state index is 0.648. The van der Waals surface area contributed by atoms with E-state index >= 15 is 0 Å². The maximum atomic E-state index is 5.81. The summed E-state index contributed by atoms with van der Waals surface area (Å²) in [6, 6.07) is 5.36. The molecule has 2 N–H and O–H groups in total. The Kier molecular flexibility index (Phi) is 2.37. The molecule has 0 atom stereocenters. The van der Waals surface area contributed by atoms with Gasteiger partial charge >= 0.3 is 0 Å². The van der Waals surface area contributed by atoms with Gasteiger partial charge in [0.15, 0.2) is 5.82 Å². The van der Waals surface area contributed by atoms with Crippen molar-refractivity contribution in [3.05, 3.63) is 35.1 Å². The van der Waals surface area contributed by atoms with Crippen molar-refractivity contribution in [2.24, 2.45) is 0 Å². The van der Waals surface area contributed by atoms with Crippen LogP contribution in [0.3, 0.4) is 0 Å². The zero-order valence-corrected chi connectivity index (χ0v) is 8.34. The van der Waals surface area contributed by atoms with E-state index in [1.807, 2.05) is 13.0 Å². The van der Waals surface area contributed by atoms with Gasteiger partial charge in [0, 0.05) is 23.0 Å². The molecule has 0 amide bonds. The highest BCUT2D eigenvalue weighted by molar-refractivity contribution is 6.30. The number of aromatic amines is 1. The van der Waals surface area contributed by atoms with Crippen molar-refractivity contribution >= 4 is 23.2 Å². The van der Waals surface area contributed by atoms with Gasteiger partial charge in [-0.2, -0.15) is 5.10 Å². The number of halogens is 1. The van der Waals surface area contributed by atoms with E-state index in [9.17, 15) is 0 Å². The molecule has 5 heteroatoms. The molecule has 2 aromatic heterocycles. The Balaban J connectivity index is 2.18. The number of rotatable bonds is 2. The van der Waals surface area contributed by atoms with E-state index in [4.69, 9.17) is 11.6 Å². The fraction of sp³-hybridized carbons (Fsp3) is 0.111. The first-order valence-corrected chi connectivity index (χ1v) is 4.52. The maximum absolute atomic E-state index is 5.81. The van der Waals surface area contributed by atoms with Crippen LogP contribution in [0.2, 0.25) is 5.02 Å². The third-order valence-electron chi connectivity index (χ3n) is 1.68. The molecular weight excluding hydrogens is 200 g/mol. The fourth-order valence-corrected chi connectivity index (χ4v) is 1.25. The van der Waals surface area contributed by atoms with Crippen molar-refractivity contribution in [1.82, 2.24) is 15.2 Å². The molecule has 0 aliphatic heterocycles. The smallest absolute Gasteiger partial charge is 0.153 e. The summed E-state index contributed by atoms with van der Waals surface area (Å²) >= 11 is 5.81. The topological polar surface area (TPSA) is 53.6 Å². The van der Waals surface area contributed by atoms with Gasteiger partial charge in [-0.15, -0.1) is 0 Å². The summed E-state index contributed by atoms with van der Waals surface area (Å²) in [6.07, 6.45) is 1.64. The van der Waals surface area contributed by atoms with Gasteiger partial charge in [-0.05, 0) is 19.1 Å². The molecule has 0 aromatic carbocycles. The summed E-state index contributed by atoms with van der Waals surface area (Å²) in [5.41, 5.74) is 0.995. The van der Waals surface area contributed by atoms with Crippen LogP contribution in [0.5, 0.6) is 0 Å². The molecule has 0 saturated carbocycles. The Labute approximate surface area is 86.3 Å². The van der Waals surface area contributed by atoms with E-state index in [2.05, 4.69) is 20.5 Å².